The van der Waals surface area contributed by atoms with Gasteiger partial charge in [-0.05, 0) is 11.6 Å². The maximum Gasteiger partial charge on any atom is 0.330 e. The van der Waals surface area contributed by atoms with Crippen LogP contribution in [-0.2, 0) is 9.53 Å². The molecule has 0 saturated carbocycles. The molecule has 1 unspecified atom stereocenters. The highest BCUT2D eigenvalue weighted by atomic mass is 16.5. The third-order valence-electron chi connectivity index (χ3n) is 1.76. The molecule has 1 atom stereocenters. The Morgan fingerprint density at radius 1 is 1.43 bits per heavy atom. The van der Waals surface area contributed by atoms with Crippen LogP contribution in [0.4, 0.5) is 0 Å². The van der Waals surface area contributed by atoms with Gasteiger partial charge < -0.3 is 9.84 Å². The van der Waals surface area contributed by atoms with Gasteiger partial charge in [-0.1, -0.05) is 30.3 Å². The molecule has 1 rings (SSSR count). The maximum absolute atomic E-state index is 10.7. The van der Waals surface area contributed by atoms with Crippen molar-refractivity contribution in [3.05, 3.63) is 48.0 Å². The highest BCUT2D eigenvalue weighted by Crippen LogP contribution is 2.12. The van der Waals surface area contributed by atoms with Crippen LogP contribution in [0.15, 0.2) is 42.5 Å². The first-order valence-electron chi connectivity index (χ1n) is 4.23. The normalized spacial score (nSPS) is 12.7. The van der Waals surface area contributed by atoms with Gasteiger partial charge >= 0.3 is 5.97 Å². The van der Waals surface area contributed by atoms with Crippen LogP contribution in [0.5, 0.6) is 0 Å². The third kappa shape index (κ3) is 3.03. The summed E-state index contributed by atoms with van der Waals surface area (Å²) in [5, 5.41) is 9.57. The standard InChI is InChI=1S/C11H12O3/c1-14-11(13)8-7-10(12)9-5-3-2-4-6-9/h2-8,10,12H,1H3/b8-7+. The number of methoxy groups -OCH3 is 1. The molecule has 3 nitrogen and oxygen atoms in total. The molecule has 0 bridgehead atoms. The Morgan fingerprint density at radius 3 is 2.64 bits per heavy atom. The number of carbonyl (C=O) groups excluding carboxylic acids is 1. The van der Waals surface area contributed by atoms with Crippen molar-refractivity contribution in [3.63, 3.8) is 0 Å². The zero-order valence-corrected chi connectivity index (χ0v) is 7.88. The molecule has 14 heavy (non-hydrogen) atoms. The molecule has 74 valence electrons. The van der Waals surface area contributed by atoms with Gasteiger partial charge in [-0.15, -0.1) is 0 Å². The SMILES string of the molecule is COC(=O)/C=C/C(O)c1ccccc1. The summed E-state index contributed by atoms with van der Waals surface area (Å²) in [7, 11) is 1.29. The molecule has 1 aromatic rings. The highest BCUT2D eigenvalue weighted by Gasteiger charge is 2.02. The minimum atomic E-state index is -0.768. The van der Waals surface area contributed by atoms with Crippen LogP contribution in [0.2, 0.25) is 0 Å². The van der Waals surface area contributed by atoms with E-state index in [1.165, 1.54) is 19.3 Å². The fraction of sp³-hybridized carbons (Fsp3) is 0.182. The van der Waals surface area contributed by atoms with E-state index in [4.69, 9.17) is 0 Å². The zero-order valence-electron chi connectivity index (χ0n) is 7.88. The van der Waals surface area contributed by atoms with E-state index >= 15 is 0 Å². The summed E-state index contributed by atoms with van der Waals surface area (Å²) in [6.45, 7) is 0. The molecule has 1 aromatic carbocycles. The Kier molecular flexibility index (Phi) is 3.88. The summed E-state index contributed by atoms with van der Waals surface area (Å²) < 4.78 is 4.40. The predicted molar refractivity (Wildman–Crippen MR) is 52.6 cm³/mol. The monoisotopic (exact) mass is 192 g/mol. The van der Waals surface area contributed by atoms with E-state index in [9.17, 15) is 9.90 Å². The van der Waals surface area contributed by atoms with E-state index in [0.29, 0.717) is 0 Å². The Balaban J connectivity index is 2.63. The largest absolute Gasteiger partial charge is 0.466 e. The number of hydrogen-bond donors (Lipinski definition) is 1. The first-order chi connectivity index (χ1) is 6.74. The molecule has 0 aliphatic carbocycles. The lowest BCUT2D eigenvalue weighted by Gasteiger charge is -2.04. The molecular weight excluding hydrogens is 180 g/mol. The van der Waals surface area contributed by atoms with Crippen molar-refractivity contribution in [1.82, 2.24) is 0 Å². The van der Waals surface area contributed by atoms with Crippen molar-refractivity contribution in [3.8, 4) is 0 Å². The van der Waals surface area contributed by atoms with Crippen molar-refractivity contribution >= 4 is 5.97 Å². The molecule has 0 aliphatic heterocycles. The molecule has 0 spiro atoms. The summed E-state index contributed by atoms with van der Waals surface area (Å²) in [5.74, 6) is -0.472. The van der Waals surface area contributed by atoms with Gasteiger partial charge in [0.05, 0.1) is 13.2 Å². The molecule has 0 aromatic heterocycles. The van der Waals surface area contributed by atoms with Crippen molar-refractivity contribution in [2.45, 2.75) is 6.10 Å². The van der Waals surface area contributed by atoms with Crippen LogP contribution >= 0.6 is 0 Å². The second kappa shape index (κ2) is 5.19. The number of ether oxygens (including phenoxy) is 1. The first-order valence-corrected chi connectivity index (χ1v) is 4.23. The molecule has 0 radical (unpaired) electrons. The molecule has 0 saturated heterocycles. The zero-order chi connectivity index (χ0) is 10.4. The fourth-order valence-electron chi connectivity index (χ4n) is 0.999. The van der Waals surface area contributed by atoms with Crippen molar-refractivity contribution in [2.75, 3.05) is 7.11 Å². The van der Waals surface area contributed by atoms with E-state index in [-0.39, 0.29) is 0 Å². The van der Waals surface area contributed by atoms with Crippen molar-refractivity contribution in [1.29, 1.82) is 0 Å². The fourth-order valence-corrected chi connectivity index (χ4v) is 0.999. The molecule has 3 heteroatoms. The topological polar surface area (TPSA) is 46.5 Å². The lowest BCUT2D eigenvalue weighted by atomic mass is 10.1. The third-order valence-corrected chi connectivity index (χ3v) is 1.76. The minimum absolute atomic E-state index is 0.472. The summed E-state index contributed by atoms with van der Waals surface area (Å²) in [6, 6.07) is 9.08. The van der Waals surface area contributed by atoms with Gasteiger partial charge in [-0.3, -0.25) is 0 Å². The highest BCUT2D eigenvalue weighted by molar-refractivity contribution is 5.81. The second-order valence-electron chi connectivity index (χ2n) is 2.74. The number of aliphatic hydroxyl groups is 1. The van der Waals surface area contributed by atoms with Crippen LogP contribution in [-0.4, -0.2) is 18.2 Å². The predicted octanol–water partition coefficient (Wildman–Crippen LogP) is 1.45. The number of rotatable bonds is 3. The number of benzene rings is 1. The van der Waals surface area contributed by atoms with Gasteiger partial charge in [0.15, 0.2) is 0 Å². The molecule has 0 heterocycles. The van der Waals surface area contributed by atoms with Gasteiger partial charge in [0.1, 0.15) is 0 Å². The van der Waals surface area contributed by atoms with E-state index in [0.717, 1.165) is 5.56 Å². The van der Waals surface area contributed by atoms with Gasteiger partial charge in [-0.2, -0.15) is 0 Å². The number of esters is 1. The Bertz CT molecular complexity index is 317. The Morgan fingerprint density at radius 2 is 2.07 bits per heavy atom. The first kappa shape index (κ1) is 10.5. The summed E-state index contributed by atoms with van der Waals surface area (Å²) in [6.07, 6.45) is 1.83. The van der Waals surface area contributed by atoms with Gasteiger partial charge in [0, 0.05) is 6.08 Å². The molecule has 0 aliphatic rings. The smallest absolute Gasteiger partial charge is 0.330 e. The Hall–Kier alpha value is -1.61. The van der Waals surface area contributed by atoms with E-state index < -0.39 is 12.1 Å². The average molecular weight is 192 g/mol. The summed E-state index contributed by atoms with van der Waals surface area (Å²) in [5.41, 5.74) is 0.743. The molecule has 0 amide bonds. The van der Waals surface area contributed by atoms with E-state index in [1.54, 1.807) is 12.1 Å². The van der Waals surface area contributed by atoms with Crippen LogP contribution < -0.4 is 0 Å². The van der Waals surface area contributed by atoms with Crippen LogP contribution in [0, 0.1) is 0 Å². The van der Waals surface area contributed by atoms with E-state index in [1.807, 2.05) is 18.2 Å². The average Bonchev–Trinajstić information content (AvgIpc) is 2.26. The quantitative estimate of drug-likeness (QED) is 0.582. The number of aliphatic hydroxyl groups excluding tert-OH is 1. The number of hydrogen-bond acceptors (Lipinski definition) is 3. The molecular formula is C11H12O3. The van der Waals surface area contributed by atoms with Crippen LogP contribution in [0.3, 0.4) is 0 Å². The van der Waals surface area contributed by atoms with Gasteiger partial charge in [0.2, 0.25) is 0 Å². The van der Waals surface area contributed by atoms with Gasteiger partial charge in [-0.25, -0.2) is 4.79 Å². The maximum atomic E-state index is 10.7. The van der Waals surface area contributed by atoms with E-state index in [2.05, 4.69) is 4.74 Å². The Labute approximate surface area is 82.6 Å². The lowest BCUT2D eigenvalue weighted by molar-refractivity contribution is -0.134. The van der Waals surface area contributed by atoms with Crippen molar-refractivity contribution < 1.29 is 14.6 Å². The van der Waals surface area contributed by atoms with Gasteiger partial charge in [0.25, 0.3) is 0 Å². The van der Waals surface area contributed by atoms with Crippen LogP contribution in [0.25, 0.3) is 0 Å². The molecule has 0 fully saturated rings. The minimum Gasteiger partial charge on any atom is -0.466 e. The summed E-state index contributed by atoms with van der Waals surface area (Å²) >= 11 is 0. The number of carbonyl (C=O) groups is 1. The molecule has 1 N–H and O–H groups in total. The summed E-state index contributed by atoms with van der Waals surface area (Å²) in [4.78, 5) is 10.7. The lowest BCUT2D eigenvalue weighted by Crippen LogP contribution is -1.97. The van der Waals surface area contributed by atoms with Crippen molar-refractivity contribution in [2.24, 2.45) is 0 Å². The second-order valence-corrected chi connectivity index (χ2v) is 2.74. The van der Waals surface area contributed by atoms with Crippen LogP contribution in [0.1, 0.15) is 11.7 Å².